The molecule has 0 saturated heterocycles. The quantitative estimate of drug-likeness (QED) is 0.446. The van der Waals surface area contributed by atoms with Crippen LogP contribution in [-0.4, -0.2) is 25.0 Å². The molecule has 0 aliphatic carbocycles. The Hall–Kier alpha value is -3.34. The van der Waals surface area contributed by atoms with Crippen LogP contribution >= 0.6 is 0 Å². The molecule has 0 heterocycles. The zero-order valence-electron chi connectivity index (χ0n) is 15.2. The highest BCUT2D eigenvalue weighted by Gasteiger charge is 2.06. The van der Waals surface area contributed by atoms with Crippen molar-refractivity contribution in [3.8, 4) is 17.2 Å². The second-order valence-electron chi connectivity index (χ2n) is 5.95. The Labute approximate surface area is 157 Å². The highest BCUT2D eigenvalue weighted by molar-refractivity contribution is 5.94. The molecule has 0 fully saturated rings. The molecule has 0 N–H and O–H groups in total. The van der Waals surface area contributed by atoms with Gasteiger partial charge in [-0.25, -0.2) is 4.79 Å². The van der Waals surface area contributed by atoms with Crippen LogP contribution < -0.4 is 9.47 Å². The summed E-state index contributed by atoms with van der Waals surface area (Å²) in [4.78, 5) is 22.8. The number of fused-ring (bicyclic) bond motifs is 1. The number of benzene rings is 3. The number of hydrogen-bond acceptors (Lipinski definition) is 5. The van der Waals surface area contributed by atoms with Crippen LogP contribution in [0.5, 0.6) is 17.2 Å². The van der Waals surface area contributed by atoms with Crippen LogP contribution in [0.1, 0.15) is 24.2 Å². The average Bonchev–Trinajstić information content (AvgIpc) is 2.67. The Morgan fingerprint density at radius 1 is 0.815 bits per heavy atom. The Bertz CT molecular complexity index is 960. The molecule has 0 spiro atoms. The van der Waals surface area contributed by atoms with E-state index < -0.39 is 5.97 Å². The van der Waals surface area contributed by atoms with Gasteiger partial charge < -0.3 is 14.2 Å². The van der Waals surface area contributed by atoms with Crippen LogP contribution in [0.3, 0.4) is 0 Å². The topological polar surface area (TPSA) is 61.8 Å². The van der Waals surface area contributed by atoms with Crippen molar-refractivity contribution < 1.29 is 23.8 Å². The normalized spacial score (nSPS) is 10.4. The van der Waals surface area contributed by atoms with Crippen LogP contribution in [0.15, 0.2) is 60.7 Å². The lowest BCUT2D eigenvalue weighted by Gasteiger charge is -2.09. The molecule has 0 saturated carbocycles. The summed E-state index contributed by atoms with van der Waals surface area (Å²) in [5.74, 6) is 1.51. The van der Waals surface area contributed by atoms with E-state index in [2.05, 4.69) is 0 Å². The molecule has 0 bridgehead atoms. The zero-order chi connectivity index (χ0) is 19.2. The van der Waals surface area contributed by atoms with Crippen molar-refractivity contribution in [2.75, 3.05) is 13.2 Å². The third-order valence-corrected chi connectivity index (χ3v) is 3.94. The van der Waals surface area contributed by atoms with Gasteiger partial charge in [0.1, 0.15) is 17.2 Å². The van der Waals surface area contributed by atoms with Crippen molar-refractivity contribution in [1.29, 1.82) is 0 Å². The van der Waals surface area contributed by atoms with Gasteiger partial charge in [0, 0.05) is 5.56 Å². The number of rotatable bonds is 7. The van der Waals surface area contributed by atoms with E-state index in [0.717, 1.165) is 10.8 Å². The molecule has 0 amide bonds. The molecule has 3 aromatic carbocycles. The highest BCUT2D eigenvalue weighted by atomic mass is 16.6. The fraction of sp³-hybridized carbons (Fsp3) is 0.182. The average molecular weight is 364 g/mol. The molecule has 0 atom stereocenters. The molecule has 3 aromatic rings. The van der Waals surface area contributed by atoms with Crippen LogP contribution in [-0.2, 0) is 9.53 Å². The Balaban J connectivity index is 1.75. The van der Waals surface area contributed by atoms with E-state index in [4.69, 9.17) is 14.2 Å². The fourth-order valence-electron chi connectivity index (χ4n) is 2.59. The van der Waals surface area contributed by atoms with E-state index in [1.807, 2.05) is 36.4 Å². The second-order valence-corrected chi connectivity index (χ2v) is 5.95. The third kappa shape index (κ3) is 4.85. The van der Waals surface area contributed by atoms with Crippen molar-refractivity contribution in [3.05, 3.63) is 66.2 Å². The summed E-state index contributed by atoms with van der Waals surface area (Å²) in [6, 6.07) is 18.3. The maximum absolute atomic E-state index is 11.4. The lowest BCUT2D eigenvalue weighted by molar-refractivity contribution is -0.145. The molecule has 5 heteroatoms. The minimum Gasteiger partial charge on any atom is -0.482 e. The first-order valence-corrected chi connectivity index (χ1v) is 8.66. The van der Waals surface area contributed by atoms with Crippen molar-refractivity contribution >= 4 is 22.5 Å². The predicted octanol–water partition coefficient (Wildman–Crippen LogP) is 4.78. The first-order valence-electron chi connectivity index (χ1n) is 8.66. The molecule has 0 radical (unpaired) electrons. The van der Waals surface area contributed by atoms with Crippen molar-refractivity contribution in [2.45, 2.75) is 13.8 Å². The third-order valence-electron chi connectivity index (χ3n) is 3.94. The number of hydrogen-bond donors (Lipinski definition) is 0. The molecule has 138 valence electrons. The molecule has 3 rings (SSSR count). The van der Waals surface area contributed by atoms with E-state index >= 15 is 0 Å². The molecular formula is C22H20O5. The summed E-state index contributed by atoms with van der Waals surface area (Å²) in [6.45, 7) is 3.48. The summed E-state index contributed by atoms with van der Waals surface area (Å²) in [5, 5.41) is 1.95. The number of ether oxygens (including phenoxy) is 3. The van der Waals surface area contributed by atoms with Crippen molar-refractivity contribution in [2.24, 2.45) is 0 Å². The molecule has 0 aromatic heterocycles. The van der Waals surface area contributed by atoms with Crippen molar-refractivity contribution in [1.82, 2.24) is 0 Å². The molecule has 0 unspecified atom stereocenters. The number of carbonyl (C=O) groups excluding carboxylic acids is 2. The smallest absolute Gasteiger partial charge is 0.344 e. The Kier molecular flexibility index (Phi) is 5.71. The van der Waals surface area contributed by atoms with Crippen LogP contribution in [0.25, 0.3) is 10.8 Å². The van der Waals surface area contributed by atoms with Gasteiger partial charge in [0.05, 0.1) is 6.61 Å². The van der Waals surface area contributed by atoms with Gasteiger partial charge in [-0.3, -0.25) is 4.79 Å². The summed E-state index contributed by atoms with van der Waals surface area (Å²) < 4.78 is 16.2. The summed E-state index contributed by atoms with van der Waals surface area (Å²) in [7, 11) is 0. The molecule has 5 nitrogen and oxygen atoms in total. The van der Waals surface area contributed by atoms with Crippen LogP contribution in [0, 0.1) is 0 Å². The Morgan fingerprint density at radius 3 is 2.11 bits per heavy atom. The first-order chi connectivity index (χ1) is 13.0. The van der Waals surface area contributed by atoms with E-state index in [1.165, 1.54) is 6.92 Å². The maximum Gasteiger partial charge on any atom is 0.344 e. The van der Waals surface area contributed by atoms with Gasteiger partial charge in [0.15, 0.2) is 12.4 Å². The number of Topliss-reactive ketones (excluding diaryl/α,β-unsaturated/α-hetero) is 1. The fourth-order valence-corrected chi connectivity index (χ4v) is 2.59. The second kappa shape index (κ2) is 8.36. The SMILES string of the molecule is CCOC(=O)COc1ccc2ccc(Oc3ccc(C(C)=O)cc3)cc2c1. The minimum atomic E-state index is -0.399. The molecule has 27 heavy (non-hydrogen) atoms. The van der Waals surface area contributed by atoms with Crippen LogP contribution in [0.2, 0.25) is 0 Å². The first kappa shape index (κ1) is 18.5. The van der Waals surface area contributed by atoms with Gasteiger partial charge in [-0.15, -0.1) is 0 Å². The lowest BCUT2D eigenvalue weighted by Crippen LogP contribution is -2.14. The number of esters is 1. The summed E-state index contributed by atoms with van der Waals surface area (Å²) in [6.07, 6.45) is 0. The van der Waals surface area contributed by atoms with Crippen molar-refractivity contribution in [3.63, 3.8) is 0 Å². The Morgan fingerprint density at radius 2 is 1.44 bits per heavy atom. The van der Waals surface area contributed by atoms with E-state index in [1.54, 1.807) is 31.2 Å². The molecular weight excluding hydrogens is 344 g/mol. The van der Waals surface area contributed by atoms with Gasteiger partial charge in [-0.1, -0.05) is 12.1 Å². The number of carbonyl (C=O) groups is 2. The van der Waals surface area contributed by atoms with Gasteiger partial charge in [0.2, 0.25) is 0 Å². The van der Waals surface area contributed by atoms with E-state index in [0.29, 0.717) is 29.4 Å². The van der Waals surface area contributed by atoms with E-state index in [-0.39, 0.29) is 12.4 Å². The summed E-state index contributed by atoms with van der Waals surface area (Å²) >= 11 is 0. The van der Waals surface area contributed by atoms with Crippen LogP contribution in [0.4, 0.5) is 0 Å². The maximum atomic E-state index is 11.4. The number of ketones is 1. The monoisotopic (exact) mass is 364 g/mol. The zero-order valence-corrected chi connectivity index (χ0v) is 15.2. The van der Waals surface area contributed by atoms with E-state index in [9.17, 15) is 9.59 Å². The van der Waals surface area contributed by atoms with Gasteiger partial charge in [0.25, 0.3) is 0 Å². The van der Waals surface area contributed by atoms with Gasteiger partial charge in [-0.05, 0) is 73.2 Å². The standard InChI is InChI=1S/C22H20O5/c1-3-25-22(24)14-26-20-10-6-17-7-11-21(13-18(17)12-20)27-19-8-4-16(5-9-19)15(2)23/h4-13H,3,14H2,1-2H3. The molecule has 0 aliphatic rings. The molecule has 0 aliphatic heterocycles. The highest BCUT2D eigenvalue weighted by Crippen LogP contribution is 2.28. The summed E-state index contributed by atoms with van der Waals surface area (Å²) in [5.41, 5.74) is 0.643. The lowest BCUT2D eigenvalue weighted by atomic mass is 10.1. The predicted molar refractivity (Wildman–Crippen MR) is 103 cm³/mol. The van der Waals surface area contributed by atoms with Gasteiger partial charge >= 0.3 is 5.97 Å². The minimum absolute atomic E-state index is 0.0163. The largest absolute Gasteiger partial charge is 0.482 e. The van der Waals surface area contributed by atoms with Gasteiger partial charge in [-0.2, -0.15) is 0 Å².